The van der Waals surface area contributed by atoms with E-state index in [0.717, 1.165) is 22.9 Å². The average Bonchev–Trinajstić information content (AvgIpc) is 3.12. The van der Waals surface area contributed by atoms with Crippen molar-refractivity contribution >= 4 is 57.6 Å². The van der Waals surface area contributed by atoms with Crippen molar-refractivity contribution in [1.82, 2.24) is 15.6 Å². The fourth-order valence-electron chi connectivity index (χ4n) is 1.99. The number of rotatable bonds is 7. The van der Waals surface area contributed by atoms with Gasteiger partial charge in [-0.3, -0.25) is 14.4 Å². The summed E-state index contributed by atoms with van der Waals surface area (Å²) in [6.45, 7) is 3.09. The summed E-state index contributed by atoms with van der Waals surface area (Å²) < 4.78 is 5.34. The standard InChI is InChI=1S/C14H16ClN5O6S/c1-4-26-19-8(7-5-27-14(16-7)20(15)6(2)21)11(22)17-9-10(13(24)25-3)18-12(9)23/h5,9-10H,4H2,1-3H3,(H,17,22)(H,18,23). The normalized spacial score (nSPS) is 18.8. The number of halogens is 1. The molecule has 3 amide bonds. The molecule has 11 nitrogen and oxygen atoms in total. The molecule has 2 N–H and O–H groups in total. The summed E-state index contributed by atoms with van der Waals surface area (Å²) in [6.07, 6.45) is 0. The Morgan fingerprint density at radius 1 is 1.48 bits per heavy atom. The van der Waals surface area contributed by atoms with Gasteiger partial charge in [0.2, 0.25) is 16.9 Å². The molecular weight excluding hydrogens is 402 g/mol. The second-order valence-electron chi connectivity index (χ2n) is 5.13. The number of amides is 3. The number of carbonyl (C=O) groups excluding carboxylic acids is 4. The van der Waals surface area contributed by atoms with Crippen LogP contribution in [0.5, 0.6) is 0 Å². The third kappa shape index (κ3) is 4.52. The Balaban J connectivity index is 2.21. The number of nitrogens with zero attached hydrogens (tertiary/aromatic N) is 3. The Hall–Kier alpha value is -2.73. The number of hydrogen-bond acceptors (Lipinski definition) is 9. The van der Waals surface area contributed by atoms with Crippen LogP contribution in [0.4, 0.5) is 5.13 Å². The molecule has 0 aromatic carbocycles. The average molecular weight is 418 g/mol. The van der Waals surface area contributed by atoms with Gasteiger partial charge in [0.1, 0.15) is 18.3 Å². The van der Waals surface area contributed by atoms with E-state index in [1.165, 1.54) is 12.3 Å². The molecule has 0 bridgehead atoms. The first-order chi connectivity index (χ1) is 12.8. The molecule has 0 aliphatic carbocycles. The second kappa shape index (κ2) is 8.77. The molecule has 1 aliphatic heterocycles. The second-order valence-corrected chi connectivity index (χ2v) is 6.31. The van der Waals surface area contributed by atoms with E-state index in [1.54, 1.807) is 6.92 Å². The smallest absolute Gasteiger partial charge is 0.331 e. The molecule has 146 valence electrons. The van der Waals surface area contributed by atoms with Gasteiger partial charge < -0.3 is 20.2 Å². The molecule has 1 aromatic heterocycles. The summed E-state index contributed by atoms with van der Waals surface area (Å²) in [6, 6.07) is -2.11. The number of ether oxygens (including phenoxy) is 1. The number of oxime groups is 1. The van der Waals surface area contributed by atoms with Crippen LogP contribution in [0.25, 0.3) is 0 Å². The molecule has 2 rings (SSSR count). The molecule has 1 aromatic rings. The van der Waals surface area contributed by atoms with Gasteiger partial charge in [-0.1, -0.05) is 5.16 Å². The van der Waals surface area contributed by atoms with Crippen molar-refractivity contribution in [1.29, 1.82) is 0 Å². The molecule has 2 atom stereocenters. The van der Waals surface area contributed by atoms with Gasteiger partial charge in [-0.2, -0.15) is 4.42 Å². The molecule has 1 saturated heterocycles. The number of carbonyl (C=O) groups is 4. The summed E-state index contributed by atoms with van der Waals surface area (Å²) >= 11 is 6.81. The number of methoxy groups -OCH3 is 1. The first-order valence-electron chi connectivity index (χ1n) is 7.61. The van der Waals surface area contributed by atoms with Crippen molar-refractivity contribution < 1.29 is 28.8 Å². The summed E-state index contributed by atoms with van der Waals surface area (Å²) in [5.74, 6) is -2.49. The van der Waals surface area contributed by atoms with Gasteiger partial charge in [0.05, 0.1) is 7.11 Å². The van der Waals surface area contributed by atoms with Crippen molar-refractivity contribution in [2.24, 2.45) is 5.16 Å². The largest absolute Gasteiger partial charge is 0.467 e. The zero-order valence-electron chi connectivity index (χ0n) is 14.5. The molecule has 0 spiro atoms. The predicted molar refractivity (Wildman–Crippen MR) is 95.2 cm³/mol. The Morgan fingerprint density at radius 2 is 2.19 bits per heavy atom. The Labute approximate surface area is 162 Å². The quantitative estimate of drug-likeness (QED) is 0.201. The van der Waals surface area contributed by atoms with Crippen molar-refractivity contribution in [3.05, 3.63) is 11.1 Å². The molecule has 2 heterocycles. The van der Waals surface area contributed by atoms with Crippen LogP contribution in [0, 0.1) is 0 Å². The van der Waals surface area contributed by atoms with Gasteiger partial charge in [0.15, 0.2) is 11.8 Å². The van der Waals surface area contributed by atoms with Crippen molar-refractivity contribution in [3.8, 4) is 0 Å². The Morgan fingerprint density at radius 3 is 2.74 bits per heavy atom. The lowest BCUT2D eigenvalue weighted by molar-refractivity contribution is -0.153. The lowest BCUT2D eigenvalue weighted by atomic mass is 9.99. The minimum atomic E-state index is -1.11. The van der Waals surface area contributed by atoms with E-state index in [0.29, 0.717) is 0 Å². The summed E-state index contributed by atoms with van der Waals surface area (Å²) in [4.78, 5) is 56.1. The van der Waals surface area contributed by atoms with E-state index in [4.69, 9.17) is 16.6 Å². The Bertz CT molecular complexity index is 797. The Kier molecular flexibility index (Phi) is 6.69. The number of nitrogens with one attached hydrogen (secondary N) is 2. The summed E-state index contributed by atoms with van der Waals surface area (Å²) in [7, 11) is 1.16. The number of hydrogen-bond donors (Lipinski definition) is 2. The van der Waals surface area contributed by atoms with Crippen LogP contribution < -0.4 is 15.1 Å². The van der Waals surface area contributed by atoms with E-state index in [1.807, 2.05) is 0 Å². The third-order valence-corrected chi connectivity index (χ3v) is 4.66. The highest BCUT2D eigenvalue weighted by atomic mass is 35.5. The molecule has 1 fully saturated rings. The molecule has 0 saturated carbocycles. The van der Waals surface area contributed by atoms with Crippen molar-refractivity contribution in [3.63, 3.8) is 0 Å². The SMILES string of the molecule is CCON=C(C(=O)NC1C(=O)NC1C(=O)OC)c1csc(N(Cl)C(C)=O)n1. The molecule has 27 heavy (non-hydrogen) atoms. The summed E-state index contributed by atoms with van der Waals surface area (Å²) in [5.41, 5.74) is -0.154. The zero-order chi connectivity index (χ0) is 20.1. The maximum Gasteiger partial charge on any atom is 0.331 e. The highest BCUT2D eigenvalue weighted by molar-refractivity contribution is 7.14. The minimum Gasteiger partial charge on any atom is -0.467 e. The molecule has 1 aliphatic rings. The van der Waals surface area contributed by atoms with Crippen LogP contribution in [-0.2, 0) is 28.8 Å². The van der Waals surface area contributed by atoms with Crippen LogP contribution in [0.1, 0.15) is 19.5 Å². The van der Waals surface area contributed by atoms with Gasteiger partial charge in [-0.05, 0) is 6.92 Å². The van der Waals surface area contributed by atoms with Gasteiger partial charge in [-0.25, -0.2) is 9.78 Å². The number of thiazole rings is 1. The van der Waals surface area contributed by atoms with Gasteiger partial charge in [0.25, 0.3) is 5.91 Å². The van der Waals surface area contributed by atoms with Crippen molar-refractivity contribution in [2.45, 2.75) is 25.9 Å². The third-order valence-electron chi connectivity index (χ3n) is 3.33. The maximum absolute atomic E-state index is 12.6. The van der Waals surface area contributed by atoms with Crippen LogP contribution in [0.3, 0.4) is 0 Å². The number of anilines is 1. The van der Waals surface area contributed by atoms with E-state index in [-0.39, 0.29) is 23.1 Å². The van der Waals surface area contributed by atoms with Gasteiger partial charge in [0, 0.05) is 24.1 Å². The summed E-state index contributed by atoms with van der Waals surface area (Å²) in [5, 5.41) is 10.0. The first-order valence-corrected chi connectivity index (χ1v) is 8.83. The van der Waals surface area contributed by atoms with Gasteiger partial charge in [-0.15, -0.1) is 11.3 Å². The zero-order valence-corrected chi connectivity index (χ0v) is 16.1. The molecule has 2 unspecified atom stereocenters. The first kappa shape index (κ1) is 20.6. The van der Waals surface area contributed by atoms with E-state index < -0.39 is 35.8 Å². The number of esters is 1. The van der Waals surface area contributed by atoms with Crippen LogP contribution in [0.2, 0.25) is 0 Å². The van der Waals surface area contributed by atoms with Crippen LogP contribution >= 0.6 is 23.1 Å². The fourth-order valence-corrected chi connectivity index (χ4v) is 2.90. The maximum atomic E-state index is 12.6. The van der Waals surface area contributed by atoms with E-state index >= 15 is 0 Å². The number of β-lactam (4-membered cyclic amide) rings is 1. The highest BCUT2D eigenvalue weighted by Gasteiger charge is 2.46. The molecular formula is C14H16ClN5O6S. The molecule has 0 radical (unpaired) electrons. The van der Waals surface area contributed by atoms with Crippen molar-refractivity contribution in [2.75, 3.05) is 18.1 Å². The minimum absolute atomic E-state index is 0.0854. The van der Waals surface area contributed by atoms with Gasteiger partial charge >= 0.3 is 5.97 Å². The van der Waals surface area contributed by atoms with E-state index in [2.05, 4.69) is 25.5 Å². The lowest BCUT2D eigenvalue weighted by Gasteiger charge is -2.34. The van der Waals surface area contributed by atoms with Crippen LogP contribution in [0.15, 0.2) is 10.5 Å². The topological polar surface area (TPSA) is 139 Å². The monoisotopic (exact) mass is 417 g/mol. The highest BCUT2D eigenvalue weighted by Crippen LogP contribution is 2.23. The van der Waals surface area contributed by atoms with E-state index in [9.17, 15) is 19.2 Å². The molecule has 13 heteroatoms. The predicted octanol–water partition coefficient (Wildman–Crippen LogP) is -0.453. The number of aromatic nitrogens is 1. The lowest BCUT2D eigenvalue weighted by Crippen LogP contribution is -2.72. The van der Waals surface area contributed by atoms with Crippen LogP contribution in [-0.4, -0.2) is 60.2 Å². The fraction of sp³-hybridized carbons (Fsp3) is 0.429.